The minimum absolute atomic E-state index is 0.101. The van der Waals surface area contributed by atoms with Crippen LogP contribution >= 0.6 is 0 Å². The Morgan fingerprint density at radius 1 is 1.39 bits per heavy atom. The van der Waals surface area contributed by atoms with Crippen LogP contribution in [0.15, 0.2) is 0 Å². The second kappa shape index (κ2) is 7.74. The van der Waals surface area contributed by atoms with E-state index in [9.17, 15) is 13.2 Å². The van der Waals surface area contributed by atoms with E-state index in [2.05, 4.69) is 10.6 Å². The zero-order valence-electron chi connectivity index (χ0n) is 11.1. The molecule has 1 aliphatic rings. The van der Waals surface area contributed by atoms with E-state index in [0.29, 0.717) is 19.0 Å². The maximum absolute atomic E-state index is 11.8. The van der Waals surface area contributed by atoms with Crippen LogP contribution in [0.5, 0.6) is 0 Å². The SMILES string of the molecule is CCCNC(=O)CS(=O)(=O)CCC1CCCCN1. The molecule has 0 saturated carbocycles. The lowest BCUT2D eigenvalue weighted by atomic mass is 10.0. The highest BCUT2D eigenvalue weighted by molar-refractivity contribution is 7.92. The van der Waals surface area contributed by atoms with Gasteiger partial charge in [-0.05, 0) is 32.2 Å². The first kappa shape index (κ1) is 15.4. The van der Waals surface area contributed by atoms with Crippen molar-refractivity contribution in [1.82, 2.24) is 10.6 Å². The minimum atomic E-state index is -3.26. The Labute approximate surface area is 110 Å². The van der Waals surface area contributed by atoms with Gasteiger partial charge in [0.15, 0.2) is 9.84 Å². The summed E-state index contributed by atoms with van der Waals surface area (Å²) in [6, 6.07) is 0.298. The van der Waals surface area contributed by atoms with E-state index in [1.54, 1.807) is 0 Å². The van der Waals surface area contributed by atoms with Gasteiger partial charge in [0.25, 0.3) is 0 Å². The fourth-order valence-corrected chi connectivity index (χ4v) is 3.37. The first-order valence-corrected chi connectivity index (χ1v) is 8.56. The number of hydrogen-bond acceptors (Lipinski definition) is 4. The van der Waals surface area contributed by atoms with E-state index in [0.717, 1.165) is 25.8 Å². The van der Waals surface area contributed by atoms with Crippen LogP contribution < -0.4 is 10.6 Å². The summed E-state index contributed by atoms with van der Waals surface area (Å²) < 4.78 is 23.5. The molecule has 0 aromatic heterocycles. The van der Waals surface area contributed by atoms with Crippen molar-refractivity contribution in [3.8, 4) is 0 Å². The maximum Gasteiger partial charge on any atom is 0.235 e. The predicted molar refractivity (Wildman–Crippen MR) is 72.2 cm³/mol. The van der Waals surface area contributed by atoms with Crippen molar-refractivity contribution < 1.29 is 13.2 Å². The second-order valence-corrected chi connectivity index (χ2v) is 7.06. The van der Waals surface area contributed by atoms with Crippen molar-refractivity contribution >= 4 is 15.7 Å². The molecule has 0 radical (unpaired) electrons. The first-order valence-electron chi connectivity index (χ1n) is 6.74. The van der Waals surface area contributed by atoms with E-state index >= 15 is 0 Å². The van der Waals surface area contributed by atoms with Crippen LogP contribution in [0.25, 0.3) is 0 Å². The number of nitrogens with one attached hydrogen (secondary N) is 2. The summed E-state index contributed by atoms with van der Waals surface area (Å²) in [6.45, 7) is 3.45. The van der Waals surface area contributed by atoms with E-state index in [-0.39, 0.29) is 17.4 Å². The van der Waals surface area contributed by atoms with Gasteiger partial charge in [-0.15, -0.1) is 0 Å². The monoisotopic (exact) mass is 276 g/mol. The fourth-order valence-electron chi connectivity index (χ4n) is 2.08. The molecule has 0 aromatic rings. The van der Waals surface area contributed by atoms with Crippen LogP contribution in [0.4, 0.5) is 0 Å². The fraction of sp³-hybridized carbons (Fsp3) is 0.917. The number of sulfone groups is 1. The highest BCUT2D eigenvalue weighted by atomic mass is 32.2. The van der Waals surface area contributed by atoms with Crippen molar-refractivity contribution in [3.63, 3.8) is 0 Å². The van der Waals surface area contributed by atoms with Crippen molar-refractivity contribution in [2.24, 2.45) is 0 Å². The van der Waals surface area contributed by atoms with Crippen molar-refractivity contribution in [2.45, 2.75) is 45.1 Å². The zero-order chi connectivity index (χ0) is 13.4. The first-order chi connectivity index (χ1) is 8.53. The molecule has 0 bridgehead atoms. The van der Waals surface area contributed by atoms with Crippen LogP contribution in [-0.4, -0.2) is 45.0 Å². The van der Waals surface area contributed by atoms with E-state index in [4.69, 9.17) is 0 Å². The Bertz CT molecular complexity index is 348. The summed E-state index contributed by atoms with van der Waals surface area (Å²) in [6.07, 6.45) is 4.80. The Hall–Kier alpha value is -0.620. The summed E-state index contributed by atoms with van der Waals surface area (Å²) in [4.78, 5) is 11.4. The summed E-state index contributed by atoms with van der Waals surface area (Å²) in [7, 11) is -3.26. The molecule has 6 heteroatoms. The third-order valence-electron chi connectivity index (χ3n) is 3.11. The van der Waals surface area contributed by atoms with Crippen molar-refractivity contribution in [1.29, 1.82) is 0 Å². The molecule has 1 atom stereocenters. The lowest BCUT2D eigenvalue weighted by Crippen LogP contribution is -2.37. The van der Waals surface area contributed by atoms with E-state index in [1.807, 2.05) is 6.92 Å². The van der Waals surface area contributed by atoms with Gasteiger partial charge in [0.1, 0.15) is 5.75 Å². The lowest BCUT2D eigenvalue weighted by molar-refractivity contribution is -0.118. The normalized spacial score (nSPS) is 20.6. The molecule has 0 aromatic carbocycles. The second-order valence-electron chi connectivity index (χ2n) is 4.88. The van der Waals surface area contributed by atoms with Crippen LogP contribution in [0.2, 0.25) is 0 Å². The highest BCUT2D eigenvalue weighted by Gasteiger charge is 2.20. The molecule has 5 nitrogen and oxygen atoms in total. The van der Waals surface area contributed by atoms with Crippen molar-refractivity contribution in [2.75, 3.05) is 24.6 Å². The van der Waals surface area contributed by atoms with Gasteiger partial charge in [0.05, 0.1) is 5.75 Å². The van der Waals surface area contributed by atoms with Gasteiger partial charge in [-0.3, -0.25) is 4.79 Å². The molecule has 1 unspecified atom stereocenters. The highest BCUT2D eigenvalue weighted by Crippen LogP contribution is 2.11. The molecule has 2 N–H and O–H groups in total. The minimum Gasteiger partial charge on any atom is -0.355 e. The van der Waals surface area contributed by atoms with Crippen molar-refractivity contribution in [3.05, 3.63) is 0 Å². The smallest absolute Gasteiger partial charge is 0.235 e. The quantitative estimate of drug-likeness (QED) is 0.708. The Kier molecular flexibility index (Phi) is 6.63. The van der Waals surface area contributed by atoms with Crippen LogP contribution in [0, 0.1) is 0 Å². The Morgan fingerprint density at radius 3 is 2.78 bits per heavy atom. The molecule has 1 amide bonds. The molecular formula is C12H24N2O3S. The predicted octanol–water partition coefficient (Wildman–Crippen LogP) is 0.460. The number of carbonyl (C=O) groups is 1. The van der Waals surface area contributed by atoms with Gasteiger partial charge >= 0.3 is 0 Å². The molecular weight excluding hydrogens is 252 g/mol. The number of carbonyl (C=O) groups excluding carboxylic acids is 1. The van der Waals surface area contributed by atoms with E-state index < -0.39 is 9.84 Å². The van der Waals surface area contributed by atoms with Gasteiger partial charge in [0.2, 0.25) is 5.91 Å². The molecule has 18 heavy (non-hydrogen) atoms. The standard InChI is InChI=1S/C12H24N2O3S/c1-2-7-14-12(15)10-18(16,17)9-6-11-5-3-4-8-13-11/h11,13H,2-10H2,1H3,(H,14,15). The number of amides is 1. The summed E-state index contributed by atoms with van der Waals surface area (Å²) in [5.74, 6) is -0.655. The van der Waals surface area contributed by atoms with Crippen LogP contribution in [0.3, 0.4) is 0 Å². The number of hydrogen-bond donors (Lipinski definition) is 2. The third kappa shape index (κ3) is 6.35. The Morgan fingerprint density at radius 2 is 2.17 bits per heavy atom. The Balaban J connectivity index is 2.28. The molecule has 0 aliphatic carbocycles. The van der Waals surface area contributed by atoms with Gasteiger partial charge in [-0.1, -0.05) is 13.3 Å². The van der Waals surface area contributed by atoms with Gasteiger partial charge in [-0.2, -0.15) is 0 Å². The zero-order valence-corrected chi connectivity index (χ0v) is 11.9. The molecule has 106 valence electrons. The molecule has 1 rings (SSSR count). The molecule has 1 aliphatic heterocycles. The number of piperidine rings is 1. The average Bonchev–Trinajstić information content (AvgIpc) is 2.35. The van der Waals surface area contributed by atoms with Crippen LogP contribution in [-0.2, 0) is 14.6 Å². The molecule has 1 fully saturated rings. The third-order valence-corrected chi connectivity index (χ3v) is 4.67. The summed E-state index contributed by atoms with van der Waals surface area (Å²) in [5, 5.41) is 5.91. The van der Waals surface area contributed by atoms with Gasteiger partial charge in [-0.25, -0.2) is 8.42 Å². The molecule has 1 saturated heterocycles. The number of rotatable bonds is 7. The lowest BCUT2D eigenvalue weighted by Gasteiger charge is -2.23. The summed E-state index contributed by atoms with van der Waals surface area (Å²) in [5.41, 5.74) is 0. The summed E-state index contributed by atoms with van der Waals surface area (Å²) >= 11 is 0. The van der Waals surface area contributed by atoms with Gasteiger partial charge in [0, 0.05) is 12.6 Å². The van der Waals surface area contributed by atoms with E-state index in [1.165, 1.54) is 6.42 Å². The maximum atomic E-state index is 11.8. The molecule has 0 spiro atoms. The topological polar surface area (TPSA) is 75.3 Å². The van der Waals surface area contributed by atoms with Gasteiger partial charge < -0.3 is 10.6 Å². The average molecular weight is 276 g/mol. The largest absolute Gasteiger partial charge is 0.355 e. The van der Waals surface area contributed by atoms with Crippen LogP contribution in [0.1, 0.15) is 39.0 Å². The molecule has 1 heterocycles.